The molecule has 3 aliphatic heterocycles. The van der Waals surface area contributed by atoms with Gasteiger partial charge in [0.2, 0.25) is 0 Å². The van der Waals surface area contributed by atoms with E-state index in [9.17, 15) is 0 Å². The predicted molar refractivity (Wildman–Crippen MR) is 117 cm³/mol. The predicted octanol–water partition coefficient (Wildman–Crippen LogP) is 3.80. The van der Waals surface area contributed by atoms with E-state index in [2.05, 4.69) is 13.0 Å². The van der Waals surface area contributed by atoms with Crippen LogP contribution in [0.15, 0.2) is 6.07 Å². The maximum absolute atomic E-state index is 6.55. The fourth-order valence-corrected chi connectivity index (χ4v) is 7.11. The summed E-state index contributed by atoms with van der Waals surface area (Å²) in [5.74, 6) is 5.28. The third-order valence-electron chi connectivity index (χ3n) is 8.41. The summed E-state index contributed by atoms with van der Waals surface area (Å²) in [6.45, 7) is 6.29. The maximum Gasteiger partial charge on any atom is 0.168 e. The van der Waals surface area contributed by atoms with Crippen molar-refractivity contribution in [3.8, 4) is 17.2 Å². The molecule has 1 aromatic rings. The zero-order valence-corrected chi connectivity index (χ0v) is 19.0. The molecule has 3 heterocycles. The minimum atomic E-state index is 0.133. The molecule has 3 atom stereocenters. The molecule has 4 saturated carbocycles. The van der Waals surface area contributed by atoms with Gasteiger partial charge in [0.05, 0.1) is 19.8 Å². The van der Waals surface area contributed by atoms with Crippen molar-refractivity contribution in [1.29, 1.82) is 0 Å². The van der Waals surface area contributed by atoms with Gasteiger partial charge in [-0.05, 0) is 74.8 Å². The molecule has 6 heteroatoms. The Kier molecular flexibility index (Phi) is 4.67. The Morgan fingerprint density at radius 2 is 1.22 bits per heavy atom. The highest BCUT2D eigenvalue weighted by Gasteiger charge is 2.54. The zero-order chi connectivity index (χ0) is 21.3. The molecule has 32 heavy (non-hydrogen) atoms. The number of aryl methyl sites for hydroxylation is 1. The molecule has 8 rings (SSSR count). The number of hydrogen-bond acceptors (Lipinski definition) is 6. The highest BCUT2D eigenvalue weighted by molar-refractivity contribution is 5.61. The Morgan fingerprint density at radius 1 is 0.750 bits per heavy atom. The SMILES string of the molecule is Cc1cc(OCC2CO2)c(OCC2CO2)c(C23CC4CC(CC(C4)C2)C3)c1OCC1CO1. The van der Waals surface area contributed by atoms with Crippen molar-refractivity contribution in [3.63, 3.8) is 0 Å². The summed E-state index contributed by atoms with van der Waals surface area (Å²) in [4.78, 5) is 0. The van der Waals surface area contributed by atoms with Crippen LogP contribution in [0.25, 0.3) is 0 Å². The molecule has 0 N–H and O–H groups in total. The molecular weight excluding hydrogens is 408 g/mol. The summed E-state index contributed by atoms with van der Waals surface area (Å²) in [5, 5.41) is 0. The van der Waals surface area contributed by atoms with Crippen LogP contribution in [0.5, 0.6) is 17.2 Å². The zero-order valence-electron chi connectivity index (χ0n) is 19.0. The van der Waals surface area contributed by atoms with E-state index in [0.717, 1.165) is 60.4 Å². The third-order valence-corrected chi connectivity index (χ3v) is 8.41. The van der Waals surface area contributed by atoms with Gasteiger partial charge in [-0.25, -0.2) is 0 Å². The second kappa shape index (κ2) is 7.51. The fraction of sp³-hybridized carbons (Fsp3) is 0.769. The van der Waals surface area contributed by atoms with E-state index >= 15 is 0 Å². The highest BCUT2D eigenvalue weighted by Crippen LogP contribution is 2.64. The van der Waals surface area contributed by atoms with E-state index in [1.807, 2.05) is 0 Å². The van der Waals surface area contributed by atoms with Crippen LogP contribution in [-0.4, -0.2) is 58.0 Å². The molecule has 6 nitrogen and oxygen atoms in total. The van der Waals surface area contributed by atoms with Crippen LogP contribution in [0.4, 0.5) is 0 Å². The van der Waals surface area contributed by atoms with Crippen LogP contribution in [0.3, 0.4) is 0 Å². The van der Waals surface area contributed by atoms with Gasteiger partial charge in [0.1, 0.15) is 43.9 Å². The van der Waals surface area contributed by atoms with Crippen LogP contribution in [-0.2, 0) is 19.6 Å². The minimum Gasteiger partial charge on any atom is -0.490 e. The molecule has 0 aromatic heterocycles. The first-order valence-corrected chi connectivity index (χ1v) is 12.6. The van der Waals surface area contributed by atoms with Gasteiger partial charge in [-0.1, -0.05) is 0 Å². The molecule has 0 spiro atoms. The number of benzene rings is 1. The molecule has 3 saturated heterocycles. The molecule has 3 unspecified atom stereocenters. The van der Waals surface area contributed by atoms with Crippen molar-refractivity contribution >= 4 is 0 Å². The van der Waals surface area contributed by atoms with E-state index in [0.29, 0.717) is 19.8 Å². The molecule has 0 radical (unpaired) electrons. The van der Waals surface area contributed by atoms with Crippen molar-refractivity contribution in [1.82, 2.24) is 0 Å². The summed E-state index contributed by atoms with van der Waals surface area (Å²) in [6.07, 6.45) is 8.61. The van der Waals surface area contributed by atoms with Crippen LogP contribution < -0.4 is 14.2 Å². The first kappa shape index (κ1) is 19.9. The van der Waals surface area contributed by atoms with Crippen LogP contribution in [0.2, 0.25) is 0 Å². The Balaban J connectivity index is 1.32. The number of hydrogen-bond donors (Lipinski definition) is 0. The van der Waals surface area contributed by atoms with Crippen LogP contribution >= 0.6 is 0 Å². The minimum absolute atomic E-state index is 0.133. The monoisotopic (exact) mass is 442 g/mol. The average Bonchev–Trinajstić information content (AvgIpc) is 3.59. The number of epoxide rings is 3. The molecule has 0 amide bonds. The molecule has 7 fully saturated rings. The van der Waals surface area contributed by atoms with Gasteiger partial charge in [0.15, 0.2) is 11.5 Å². The molecule has 7 aliphatic rings. The topological polar surface area (TPSA) is 65.3 Å². The second-order valence-corrected chi connectivity index (χ2v) is 11.2. The lowest BCUT2D eigenvalue weighted by Gasteiger charge is -2.57. The van der Waals surface area contributed by atoms with Gasteiger partial charge in [0.25, 0.3) is 0 Å². The highest BCUT2D eigenvalue weighted by atomic mass is 16.6. The van der Waals surface area contributed by atoms with Gasteiger partial charge in [0, 0.05) is 11.0 Å². The molecule has 1 aromatic carbocycles. The first-order valence-electron chi connectivity index (χ1n) is 12.6. The van der Waals surface area contributed by atoms with E-state index in [1.165, 1.54) is 44.1 Å². The lowest BCUT2D eigenvalue weighted by Crippen LogP contribution is -2.49. The molecule has 174 valence electrons. The van der Waals surface area contributed by atoms with Crippen LogP contribution in [0.1, 0.15) is 49.7 Å². The molecule has 4 bridgehead atoms. The largest absolute Gasteiger partial charge is 0.490 e. The normalized spacial score (nSPS) is 40.3. The quantitative estimate of drug-likeness (QED) is 0.514. The maximum atomic E-state index is 6.55. The number of rotatable bonds is 10. The third kappa shape index (κ3) is 3.78. The second-order valence-electron chi connectivity index (χ2n) is 11.2. The lowest BCUT2D eigenvalue weighted by atomic mass is 9.47. The summed E-state index contributed by atoms with van der Waals surface area (Å²) in [7, 11) is 0. The smallest absolute Gasteiger partial charge is 0.168 e. The Morgan fingerprint density at radius 3 is 1.72 bits per heavy atom. The summed E-state index contributed by atoms with van der Waals surface area (Å²) in [6, 6.07) is 2.11. The van der Waals surface area contributed by atoms with Gasteiger partial charge in [-0.2, -0.15) is 0 Å². The van der Waals surface area contributed by atoms with E-state index in [-0.39, 0.29) is 23.7 Å². The lowest BCUT2D eigenvalue weighted by molar-refractivity contribution is -0.00802. The Hall–Kier alpha value is -1.50. The van der Waals surface area contributed by atoms with Crippen LogP contribution in [0, 0.1) is 24.7 Å². The van der Waals surface area contributed by atoms with E-state index in [1.54, 1.807) is 0 Å². The first-order chi connectivity index (χ1) is 15.6. The van der Waals surface area contributed by atoms with E-state index in [4.69, 9.17) is 28.4 Å². The van der Waals surface area contributed by atoms with E-state index < -0.39 is 0 Å². The van der Waals surface area contributed by atoms with Crippen molar-refractivity contribution in [2.75, 3.05) is 39.6 Å². The average molecular weight is 443 g/mol. The van der Waals surface area contributed by atoms with Crippen molar-refractivity contribution in [3.05, 3.63) is 17.2 Å². The number of ether oxygens (including phenoxy) is 6. The Labute approximate surface area is 189 Å². The summed E-state index contributed by atoms with van der Waals surface area (Å²) >= 11 is 0. The van der Waals surface area contributed by atoms with Gasteiger partial charge < -0.3 is 28.4 Å². The van der Waals surface area contributed by atoms with Gasteiger partial charge in [-0.15, -0.1) is 0 Å². The summed E-state index contributed by atoms with van der Waals surface area (Å²) < 4.78 is 35.7. The fourth-order valence-electron chi connectivity index (χ4n) is 7.11. The molecule has 4 aliphatic carbocycles. The Bertz CT molecular complexity index is 850. The van der Waals surface area contributed by atoms with Crippen molar-refractivity contribution < 1.29 is 28.4 Å². The van der Waals surface area contributed by atoms with Gasteiger partial charge in [-0.3, -0.25) is 0 Å². The summed E-state index contributed by atoms with van der Waals surface area (Å²) in [5.41, 5.74) is 2.55. The standard InChI is InChI=1S/C26H34O6/c1-15-2-22(30-12-19-9-27-19)25(32-14-21-11-29-21)23(24(15)31-13-20-10-28-20)26-6-16-3-17(7-26)5-18(4-16)8-26/h2,16-21H,3-14H2,1H3. The van der Waals surface area contributed by atoms with Gasteiger partial charge >= 0.3 is 0 Å². The van der Waals surface area contributed by atoms with Crippen molar-refractivity contribution in [2.45, 2.75) is 69.2 Å². The molecular formula is C26H34O6. The van der Waals surface area contributed by atoms with Crippen molar-refractivity contribution in [2.24, 2.45) is 17.8 Å².